The van der Waals surface area contributed by atoms with Crippen molar-refractivity contribution in [3.05, 3.63) is 46.9 Å². The number of nitrogens with one attached hydrogen (secondary N) is 1. The number of benzene rings is 1. The van der Waals surface area contributed by atoms with E-state index in [9.17, 15) is 4.79 Å². The van der Waals surface area contributed by atoms with Crippen LogP contribution in [0.2, 0.25) is 5.02 Å². The monoisotopic (exact) mass is 335 g/mol. The highest BCUT2D eigenvalue weighted by Gasteiger charge is 2.20. The Morgan fingerprint density at radius 3 is 2.96 bits per heavy atom. The van der Waals surface area contributed by atoms with Gasteiger partial charge < -0.3 is 19.2 Å². The Hall–Kier alpha value is -2.14. The quantitative estimate of drug-likeness (QED) is 0.909. The van der Waals surface area contributed by atoms with E-state index in [4.69, 9.17) is 25.5 Å². The molecule has 1 aromatic carbocycles. The highest BCUT2D eigenvalue weighted by Crippen LogP contribution is 2.38. The molecule has 0 aliphatic carbocycles. The second-order valence-electron chi connectivity index (χ2n) is 5.47. The van der Waals surface area contributed by atoms with Gasteiger partial charge in [0.15, 0.2) is 11.5 Å². The second kappa shape index (κ2) is 6.96. The largest absolute Gasteiger partial charge is 0.486 e. The fraction of sp³-hybridized carbons (Fsp3) is 0.353. The Morgan fingerprint density at radius 2 is 2.17 bits per heavy atom. The highest BCUT2D eigenvalue weighted by molar-refractivity contribution is 6.32. The van der Waals surface area contributed by atoms with Gasteiger partial charge in [-0.25, -0.2) is 0 Å². The smallest absolute Gasteiger partial charge is 0.251 e. The summed E-state index contributed by atoms with van der Waals surface area (Å²) in [6, 6.07) is 7.06. The number of carbonyl (C=O) groups is 1. The van der Waals surface area contributed by atoms with Crippen LogP contribution in [0.25, 0.3) is 0 Å². The van der Waals surface area contributed by atoms with Gasteiger partial charge in [0.05, 0.1) is 11.3 Å². The molecule has 1 aromatic heterocycles. The van der Waals surface area contributed by atoms with Gasteiger partial charge in [-0.15, -0.1) is 0 Å². The van der Waals surface area contributed by atoms with E-state index in [1.54, 1.807) is 18.4 Å². The summed E-state index contributed by atoms with van der Waals surface area (Å²) >= 11 is 6.16. The lowest BCUT2D eigenvalue weighted by atomic mass is 10.1. The first kappa shape index (κ1) is 15.7. The Bertz CT molecular complexity index is 684. The maximum Gasteiger partial charge on any atom is 0.251 e. The predicted molar refractivity (Wildman–Crippen MR) is 86.4 cm³/mol. The number of hydrogen-bond donors (Lipinski definition) is 1. The lowest BCUT2D eigenvalue weighted by Crippen LogP contribution is -2.33. The third kappa shape index (κ3) is 3.79. The van der Waals surface area contributed by atoms with Crippen molar-refractivity contribution >= 4 is 17.5 Å². The number of halogens is 1. The third-order valence-electron chi connectivity index (χ3n) is 3.64. The predicted octanol–water partition coefficient (Wildman–Crippen LogP) is 3.46. The highest BCUT2D eigenvalue weighted by atomic mass is 35.5. The number of aryl methyl sites for hydroxylation is 1. The van der Waals surface area contributed by atoms with Crippen LogP contribution in [0.5, 0.6) is 11.5 Å². The Balaban J connectivity index is 1.62. The normalized spacial score (nSPS) is 14.3. The van der Waals surface area contributed by atoms with Crippen molar-refractivity contribution in [3.63, 3.8) is 0 Å². The lowest BCUT2D eigenvalue weighted by Gasteiger charge is -2.20. The standard InChI is InChI=1S/C17H18ClNO4/c1-11(4-5-13-3-2-6-21-13)19-17(20)12-9-14(18)16-15(10-12)22-7-8-23-16/h2-3,6,9-11H,4-5,7-8H2,1H3,(H,19,20)/t11-/m1/s1. The van der Waals surface area contributed by atoms with Crippen LogP contribution in [0.4, 0.5) is 0 Å². The third-order valence-corrected chi connectivity index (χ3v) is 3.92. The van der Waals surface area contributed by atoms with Gasteiger partial charge in [0.2, 0.25) is 0 Å². The molecule has 0 saturated heterocycles. The SMILES string of the molecule is C[C@H](CCc1ccco1)NC(=O)c1cc(Cl)c2c(c1)OCCO2. The molecule has 23 heavy (non-hydrogen) atoms. The first-order chi connectivity index (χ1) is 11.1. The molecule has 0 radical (unpaired) electrons. The number of amides is 1. The van der Waals surface area contributed by atoms with Crippen LogP contribution in [0.3, 0.4) is 0 Å². The van der Waals surface area contributed by atoms with Crippen LogP contribution in [0.1, 0.15) is 29.5 Å². The van der Waals surface area contributed by atoms with Gasteiger partial charge in [-0.3, -0.25) is 4.79 Å². The van der Waals surface area contributed by atoms with Gasteiger partial charge in [0.25, 0.3) is 5.91 Å². The molecule has 1 aliphatic heterocycles. The van der Waals surface area contributed by atoms with Crippen molar-refractivity contribution in [2.24, 2.45) is 0 Å². The molecule has 3 rings (SSSR count). The Kier molecular flexibility index (Phi) is 4.76. The van der Waals surface area contributed by atoms with Crippen LogP contribution in [-0.2, 0) is 6.42 Å². The lowest BCUT2D eigenvalue weighted by molar-refractivity contribution is 0.0937. The number of carbonyl (C=O) groups excluding carboxylic acids is 1. The molecule has 0 bridgehead atoms. The van der Waals surface area contributed by atoms with E-state index in [1.165, 1.54) is 0 Å². The average molecular weight is 336 g/mol. The van der Waals surface area contributed by atoms with E-state index in [1.807, 2.05) is 19.1 Å². The summed E-state index contributed by atoms with van der Waals surface area (Å²) in [5.41, 5.74) is 0.462. The molecule has 1 amide bonds. The summed E-state index contributed by atoms with van der Waals surface area (Å²) < 4.78 is 16.2. The molecule has 1 atom stereocenters. The van der Waals surface area contributed by atoms with Gasteiger partial charge in [0.1, 0.15) is 19.0 Å². The van der Waals surface area contributed by atoms with Crippen LogP contribution >= 0.6 is 11.6 Å². The topological polar surface area (TPSA) is 60.7 Å². The van der Waals surface area contributed by atoms with Crippen molar-refractivity contribution < 1.29 is 18.7 Å². The van der Waals surface area contributed by atoms with E-state index in [-0.39, 0.29) is 11.9 Å². The number of furan rings is 1. The number of rotatable bonds is 5. The molecule has 5 nitrogen and oxygen atoms in total. The van der Waals surface area contributed by atoms with Crippen molar-refractivity contribution in [3.8, 4) is 11.5 Å². The summed E-state index contributed by atoms with van der Waals surface area (Å²) in [6.45, 7) is 2.87. The van der Waals surface area contributed by atoms with E-state index in [0.29, 0.717) is 35.3 Å². The first-order valence-corrected chi connectivity index (χ1v) is 7.93. The van der Waals surface area contributed by atoms with Gasteiger partial charge in [-0.1, -0.05) is 11.6 Å². The molecular weight excluding hydrogens is 318 g/mol. The zero-order valence-electron chi connectivity index (χ0n) is 12.8. The minimum absolute atomic E-state index is 0.0135. The summed E-state index contributed by atoms with van der Waals surface area (Å²) in [6.07, 6.45) is 3.21. The van der Waals surface area contributed by atoms with Crippen LogP contribution in [-0.4, -0.2) is 25.2 Å². The molecule has 2 aromatic rings. The maximum absolute atomic E-state index is 12.4. The van der Waals surface area contributed by atoms with E-state index >= 15 is 0 Å². The number of hydrogen-bond acceptors (Lipinski definition) is 4. The van der Waals surface area contributed by atoms with Gasteiger partial charge in [-0.2, -0.15) is 0 Å². The van der Waals surface area contributed by atoms with Crippen molar-refractivity contribution in [1.29, 1.82) is 0 Å². The van der Waals surface area contributed by atoms with E-state index in [0.717, 1.165) is 18.6 Å². The fourth-order valence-corrected chi connectivity index (χ4v) is 2.70. The van der Waals surface area contributed by atoms with Crippen molar-refractivity contribution in [2.45, 2.75) is 25.8 Å². The molecule has 0 saturated carbocycles. The molecule has 0 unspecified atom stereocenters. The molecule has 6 heteroatoms. The molecule has 122 valence electrons. The summed E-state index contributed by atoms with van der Waals surface area (Å²) in [5, 5.41) is 3.34. The van der Waals surface area contributed by atoms with Gasteiger partial charge >= 0.3 is 0 Å². The van der Waals surface area contributed by atoms with Crippen LogP contribution in [0.15, 0.2) is 34.9 Å². The first-order valence-electron chi connectivity index (χ1n) is 7.56. The molecule has 2 heterocycles. The van der Waals surface area contributed by atoms with E-state index < -0.39 is 0 Å². The molecule has 0 fully saturated rings. The minimum Gasteiger partial charge on any atom is -0.486 e. The maximum atomic E-state index is 12.4. The van der Waals surface area contributed by atoms with Gasteiger partial charge in [-0.05, 0) is 37.6 Å². The molecule has 1 N–H and O–H groups in total. The minimum atomic E-state index is -0.184. The zero-order chi connectivity index (χ0) is 16.2. The Morgan fingerprint density at radius 1 is 1.35 bits per heavy atom. The van der Waals surface area contributed by atoms with Gasteiger partial charge in [0, 0.05) is 18.0 Å². The van der Waals surface area contributed by atoms with Crippen molar-refractivity contribution in [2.75, 3.05) is 13.2 Å². The summed E-state index contributed by atoms with van der Waals surface area (Å²) in [7, 11) is 0. The summed E-state index contributed by atoms with van der Waals surface area (Å²) in [4.78, 5) is 12.4. The van der Waals surface area contributed by atoms with E-state index in [2.05, 4.69) is 5.32 Å². The molecular formula is C17H18ClNO4. The van der Waals surface area contributed by atoms with Crippen LogP contribution < -0.4 is 14.8 Å². The second-order valence-corrected chi connectivity index (χ2v) is 5.88. The average Bonchev–Trinajstić information content (AvgIpc) is 3.06. The molecule has 0 spiro atoms. The van der Waals surface area contributed by atoms with Crippen molar-refractivity contribution in [1.82, 2.24) is 5.32 Å². The fourth-order valence-electron chi connectivity index (χ4n) is 2.43. The number of ether oxygens (including phenoxy) is 2. The zero-order valence-corrected chi connectivity index (χ0v) is 13.6. The summed E-state index contributed by atoms with van der Waals surface area (Å²) in [5.74, 6) is 1.74. The molecule has 1 aliphatic rings. The number of fused-ring (bicyclic) bond motifs is 1. The van der Waals surface area contributed by atoms with Crippen LogP contribution in [0, 0.1) is 0 Å². The Labute approximate surface area is 139 Å².